The Morgan fingerprint density at radius 2 is 1.03 bits per heavy atom. The molecule has 0 atom stereocenters. The number of benzene rings is 4. The highest BCUT2D eigenvalue weighted by Gasteiger charge is 2.61. The van der Waals surface area contributed by atoms with Gasteiger partial charge in [-0.05, 0) is 35.4 Å². The molecule has 34 heavy (non-hydrogen) atoms. The van der Waals surface area contributed by atoms with Crippen LogP contribution in [0.3, 0.4) is 0 Å². The van der Waals surface area contributed by atoms with Crippen molar-refractivity contribution in [2.45, 2.75) is 5.54 Å². The van der Waals surface area contributed by atoms with Crippen LogP contribution in [0.25, 0.3) is 0 Å². The number of hydrogen-bond acceptors (Lipinski definition) is 5. The third kappa shape index (κ3) is 3.93. The highest BCUT2D eigenvalue weighted by Crippen LogP contribution is 2.61. The zero-order chi connectivity index (χ0) is 23.4. The highest BCUT2D eigenvalue weighted by molar-refractivity contribution is 7.53. The van der Waals surface area contributed by atoms with Gasteiger partial charge in [-0.15, -0.1) is 0 Å². The fourth-order valence-electron chi connectivity index (χ4n) is 4.09. The van der Waals surface area contributed by atoms with Gasteiger partial charge in [0.2, 0.25) is 0 Å². The first-order chi connectivity index (χ1) is 16.6. The van der Waals surface area contributed by atoms with Crippen LogP contribution in [0.4, 0.5) is 4.79 Å². The second kappa shape index (κ2) is 9.08. The molecule has 7 heteroatoms. The van der Waals surface area contributed by atoms with Crippen LogP contribution in [0, 0.1) is 0 Å². The van der Waals surface area contributed by atoms with Gasteiger partial charge in [-0.2, -0.15) is 4.67 Å². The minimum absolute atomic E-state index is 0.0554. The second-order valence-electron chi connectivity index (χ2n) is 7.74. The van der Waals surface area contributed by atoms with Crippen molar-refractivity contribution in [2.24, 2.45) is 0 Å². The van der Waals surface area contributed by atoms with E-state index in [1.165, 1.54) is 0 Å². The molecule has 0 bridgehead atoms. The second-order valence-corrected chi connectivity index (χ2v) is 9.44. The SMILES string of the molecule is O=C1OCC(c2ccccc2)(c2ccccc2)N1P(=O)(Oc1ccccc1)Oc1ccccc1. The molecule has 1 heterocycles. The summed E-state index contributed by atoms with van der Waals surface area (Å²) in [4.78, 5) is 13.3. The van der Waals surface area contributed by atoms with E-state index in [0.29, 0.717) is 11.5 Å². The van der Waals surface area contributed by atoms with Gasteiger partial charge in [-0.3, -0.25) is 0 Å². The first kappa shape index (κ1) is 21.8. The van der Waals surface area contributed by atoms with Gasteiger partial charge in [0, 0.05) is 0 Å². The Bertz CT molecular complexity index is 1220. The van der Waals surface area contributed by atoms with Crippen LogP contribution >= 0.6 is 7.75 Å². The first-order valence-electron chi connectivity index (χ1n) is 10.8. The number of carbonyl (C=O) groups is 1. The van der Waals surface area contributed by atoms with E-state index in [4.69, 9.17) is 13.8 Å². The summed E-state index contributed by atoms with van der Waals surface area (Å²) < 4.78 is 33.4. The van der Waals surface area contributed by atoms with E-state index < -0.39 is 19.4 Å². The third-order valence-electron chi connectivity index (χ3n) is 5.61. The van der Waals surface area contributed by atoms with E-state index in [2.05, 4.69) is 0 Å². The van der Waals surface area contributed by atoms with Crippen molar-refractivity contribution in [3.05, 3.63) is 132 Å². The summed E-state index contributed by atoms with van der Waals surface area (Å²) in [5, 5.41) is 0. The lowest BCUT2D eigenvalue weighted by atomic mass is 9.84. The molecule has 1 aliphatic rings. The molecule has 1 saturated heterocycles. The fourth-order valence-corrected chi connectivity index (χ4v) is 6.03. The normalized spacial score (nSPS) is 14.9. The lowest BCUT2D eigenvalue weighted by Gasteiger charge is -2.38. The van der Waals surface area contributed by atoms with Crippen molar-refractivity contribution >= 4 is 13.8 Å². The standard InChI is InChI=1S/C27H22NO5P/c29-26-28(27(21-31-26,22-13-5-1-6-14-22)23-15-7-2-8-16-23)34(30,32-24-17-9-3-10-18-24)33-25-19-11-4-12-20-25/h1-20H,21H2. The average molecular weight is 471 g/mol. The molecule has 0 saturated carbocycles. The van der Waals surface area contributed by atoms with Crippen molar-refractivity contribution < 1.29 is 23.1 Å². The lowest BCUT2D eigenvalue weighted by molar-refractivity contribution is 0.166. The van der Waals surface area contributed by atoms with Crippen LogP contribution < -0.4 is 9.05 Å². The molecule has 6 nitrogen and oxygen atoms in total. The average Bonchev–Trinajstić information content (AvgIpc) is 3.25. The smallest absolute Gasteiger partial charge is 0.446 e. The van der Waals surface area contributed by atoms with E-state index in [-0.39, 0.29) is 6.61 Å². The molecule has 0 N–H and O–H groups in total. The minimum atomic E-state index is -4.36. The Labute approximate surface area is 197 Å². The van der Waals surface area contributed by atoms with Gasteiger partial charge in [-0.25, -0.2) is 9.36 Å². The summed E-state index contributed by atoms with van der Waals surface area (Å²) in [6.07, 6.45) is -0.789. The first-order valence-corrected chi connectivity index (χ1v) is 12.3. The summed E-state index contributed by atoms with van der Waals surface area (Å²) in [5.74, 6) is 0.605. The molecule has 1 fully saturated rings. The topological polar surface area (TPSA) is 65.1 Å². The fraction of sp³-hybridized carbons (Fsp3) is 0.0741. The highest BCUT2D eigenvalue weighted by atomic mass is 31.2. The zero-order valence-electron chi connectivity index (χ0n) is 18.2. The molecule has 0 spiro atoms. The van der Waals surface area contributed by atoms with E-state index in [9.17, 15) is 9.36 Å². The summed E-state index contributed by atoms with van der Waals surface area (Å²) in [5.41, 5.74) is 0.208. The Kier molecular flexibility index (Phi) is 5.83. The minimum Gasteiger partial charge on any atom is -0.446 e. The zero-order valence-corrected chi connectivity index (χ0v) is 19.1. The molecule has 0 unspecified atom stereocenters. The maximum atomic E-state index is 14.7. The van der Waals surface area contributed by atoms with Gasteiger partial charge >= 0.3 is 13.8 Å². The van der Waals surface area contributed by atoms with Crippen LogP contribution in [0.2, 0.25) is 0 Å². The van der Waals surface area contributed by atoms with E-state index >= 15 is 0 Å². The Balaban J connectivity index is 1.72. The third-order valence-corrected chi connectivity index (χ3v) is 7.49. The Morgan fingerprint density at radius 3 is 1.44 bits per heavy atom. The number of cyclic esters (lactones) is 1. The maximum Gasteiger partial charge on any atom is 0.550 e. The monoisotopic (exact) mass is 471 g/mol. The van der Waals surface area contributed by atoms with Crippen molar-refractivity contribution in [1.82, 2.24) is 4.67 Å². The van der Waals surface area contributed by atoms with Gasteiger partial charge < -0.3 is 13.8 Å². The number of carbonyl (C=O) groups excluding carboxylic acids is 1. The van der Waals surface area contributed by atoms with E-state index in [0.717, 1.165) is 15.8 Å². The quantitative estimate of drug-likeness (QED) is 0.283. The van der Waals surface area contributed by atoms with Crippen molar-refractivity contribution in [3.8, 4) is 11.5 Å². The van der Waals surface area contributed by atoms with Crippen LogP contribution in [0.15, 0.2) is 121 Å². The number of hydrogen-bond donors (Lipinski definition) is 0. The van der Waals surface area contributed by atoms with Crippen LogP contribution in [-0.2, 0) is 14.8 Å². The molecule has 4 aromatic rings. The number of ether oxygens (including phenoxy) is 1. The Hall–Kier alpha value is -4.02. The number of nitrogens with zero attached hydrogens (tertiary/aromatic N) is 1. The Morgan fingerprint density at radius 1 is 0.647 bits per heavy atom. The molecular weight excluding hydrogens is 449 g/mol. The predicted molar refractivity (Wildman–Crippen MR) is 129 cm³/mol. The lowest BCUT2D eigenvalue weighted by Crippen LogP contribution is -2.45. The van der Waals surface area contributed by atoms with Crippen molar-refractivity contribution in [3.63, 3.8) is 0 Å². The van der Waals surface area contributed by atoms with Crippen molar-refractivity contribution in [2.75, 3.05) is 6.61 Å². The van der Waals surface area contributed by atoms with Crippen LogP contribution in [0.1, 0.15) is 11.1 Å². The van der Waals surface area contributed by atoms with Gasteiger partial charge in [0.25, 0.3) is 0 Å². The summed E-state index contributed by atoms with van der Waals surface area (Å²) in [6.45, 7) is -0.0554. The molecule has 4 aromatic carbocycles. The molecule has 1 aliphatic heterocycles. The maximum absolute atomic E-state index is 14.7. The van der Waals surface area contributed by atoms with Crippen LogP contribution in [0.5, 0.6) is 11.5 Å². The number of para-hydroxylation sites is 2. The molecular formula is C27H22NO5P. The largest absolute Gasteiger partial charge is 0.550 e. The molecule has 5 rings (SSSR count). The molecule has 1 amide bonds. The van der Waals surface area contributed by atoms with Gasteiger partial charge in [0.1, 0.15) is 23.6 Å². The van der Waals surface area contributed by atoms with E-state index in [1.54, 1.807) is 48.5 Å². The summed E-state index contributed by atoms with van der Waals surface area (Å²) in [6, 6.07) is 36.0. The van der Waals surface area contributed by atoms with Gasteiger partial charge in [0.05, 0.1) is 0 Å². The predicted octanol–water partition coefficient (Wildman–Crippen LogP) is 6.65. The molecule has 170 valence electrons. The van der Waals surface area contributed by atoms with E-state index in [1.807, 2.05) is 72.8 Å². The number of amides is 1. The summed E-state index contributed by atoms with van der Waals surface area (Å²) in [7, 11) is -4.36. The van der Waals surface area contributed by atoms with Gasteiger partial charge in [0.15, 0.2) is 0 Å². The van der Waals surface area contributed by atoms with Crippen molar-refractivity contribution in [1.29, 1.82) is 0 Å². The van der Waals surface area contributed by atoms with Crippen LogP contribution in [-0.4, -0.2) is 17.4 Å². The number of rotatable bonds is 7. The molecule has 0 radical (unpaired) electrons. The van der Waals surface area contributed by atoms with Gasteiger partial charge in [-0.1, -0.05) is 97.1 Å². The molecule has 0 aliphatic carbocycles. The summed E-state index contributed by atoms with van der Waals surface area (Å²) >= 11 is 0. The molecule has 0 aromatic heterocycles.